The number of rotatable bonds is 2. The van der Waals surface area contributed by atoms with Crippen LogP contribution in [0.4, 0.5) is 0 Å². The minimum Gasteiger partial charge on any atom is -0.486 e. The van der Waals surface area contributed by atoms with Gasteiger partial charge in [-0.3, -0.25) is 0 Å². The maximum Gasteiger partial charge on any atom is 0.206 e. The van der Waals surface area contributed by atoms with Gasteiger partial charge in [0.25, 0.3) is 0 Å². The van der Waals surface area contributed by atoms with Gasteiger partial charge in [0.15, 0.2) is 11.5 Å². The van der Waals surface area contributed by atoms with Crippen molar-refractivity contribution >= 4 is 9.84 Å². The SMILES string of the molecule is C[C@H]1COc2cc(S(=O)(=O)c3ccccc3)ccc2O1. The van der Waals surface area contributed by atoms with Gasteiger partial charge in [0.05, 0.1) is 9.79 Å². The number of sulfone groups is 1. The summed E-state index contributed by atoms with van der Waals surface area (Å²) in [4.78, 5) is 0.477. The van der Waals surface area contributed by atoms with Gasteiger partial charge < -0.3 is 9.47 Å². The fourth-order valence-corrected chi connectivity index (χ4v) is 3.36. The lowest BCUT2D eigenvalue weighted by molar-refractivity contribution is 0.104. The van der Waals surface area contributed by atoms with Gasteiger partial charge in [-0.25, -0.2) is 8.42 Å². The molecule has 0 fully saturated rings. The van der Waals surface area contributed by atoms with E-state index in [-0.39, 0.29) is 15.9 Å². The van der Waals surface area contributed by atoms with Crippen LogP contribution >= 0.6 is 0 Å². The highest BCUT2D eigenvalue weighted by Gasteiger charge is 2.22. The van der Waals surface area contributed by atoms with Gasteiger partial charge in [0.2, 0.25) is 9.84 Å². The second kappa shape index (κ2) is 4.83. The molecule has 4 nitrogen and oxygen atoms in total. The van der Waals surface area contributed by atoms with Gasteiger partial charge in [-0.1, -0.05) is 18.2 Å². The van der Waals surface area contributed by atoms with Crippen molar-refractivity contribution in [3.05, 3.63) is 48.5 Å². The average molecular weight is 290 g/mol. The molecule has 1 heterocycles. The zero-order valence-corrected chi connectivity index (χ0v) is 11.8. The first-order valence-electron chi connectivity index (χ1n) is 6.31. The smallest absolute Gasteiger partial charge is 0.206 e. The molecule has 20 heavy (non-hydrogen) atoms. The molecule has 1 aliphatic heterocycles. The van der Waals surface area contributed by atoms with Crippen LogP contribution in [0.25, 0.3) is 0 Å². The van der Waals surface area contributed by atoms with Crippen LogP contribution in [-0.2, 0) is 9.84 Å². The summed E-state index contributed by atoms with van der Waals surface area (Å²) in [5.74, 6) is 1.05. The van der Waals surface area contributed by atoms with E-state index in [0.29, 0.717) is 18.1 Å². The predicted octanol–water partition coefficient (Wildman–Crippen LogP) is 2.68. The van der Waals surface area contributed by atoms with E-state index in [9.17, 15) is 8.42 Å². The minimum absolute atomic E-state index is 0.0286. The van der Waals surface area contributed by atoms with Crippen molar-refractivity contribution in [1.82, 2.24) is 0 Å². The Morgan fingerprint density at radius 2 is 1.75 bits per heavy atom. The van der Waals surface area contributed by atoms with E-state index in [0.717, 1.165) is 0 Å². The first-order valence-corrected chi connectivity index (χ1v) is 7.79. The predicted molar refractivity (Wildman–Crippen MR) is 73.9 cm³/mol. The molecule has 0 amide bonds. The third kappa shape index (κ3) is 2.25. The molecule has 1 aliphatic rings. The standard InChI is InChI=1S/C15H14O4S/c1-11-10-18-15-9-13(7-8-14(15)19-11)20(16,17)12-5-3-2-4-6-12/h2-9,11H,10H2,1H3/t11-/m0/s1. The van der Waals surface area contributed by atoms with Gasteiger partial charge in [-0.05, 0) is 31.2 Å². The molecule has 0 bridgehead atoms. The number of hydrogen-bond donors (Lipinski definition) is 0. The number of ether oxygens (including phenoxy) is 2. The molecule has 0 N–H and O–H groups in total. The molecule has 3 rings (SSSR count). The van der Waals surface area contributed by atoms with Crippen molar-refractivity contribution in [2.75, 3.05) is 6.61 Å². The van der Waals surface area contributed by atoms with Crippen LogP contribution in [0, 0.1) is 0 Å². The van der Waals surface area contributed by atoms with Crippen LogP contribution in [0.15, 0.2) is 58.3 Å². The van der Waals surface area contributed by atoms with Gasteiger partial charge in [0.1, 0.15) is 12.7 Å². The molecule has 2 aromatic rings. The quantitative estimate of drug-likeness (QED) is 0.853. The molecule has 0 aromatic heterocycles. The largest absolute Gasteiger partial charge is 0.486 e. The van der Waals surface area contributed by atoms with Crippen LogP contribution in [0.2, 0.25) is 0 Å². The van der Waals surface area contributed by atoms with Crippen molar-refractivity contribution in [3.8, 4) is 11.5 Å². The topological polar surface area (TPSA) is 52.6 Å². The zero-order valence-electron chi connectivity index (χ0n) is 10.9. The summed E-state index contributed by atoms with van der Waals surface area (Å²) in [5.41, 5.74) is 0. The summed E-state index contributed by atoms with van der Waals surface area (Å²) in [5, 5.41) is 0. The Morgan fingerprint density at radius 3 is 2.50 bits per heavy atom. The summed E-state index contributed by atoms with van der Waals surface area (Å²) in [6.45, 7) is 2.32. The fraction of sp³-hybridized carbons (Fsp3) is 0.200. The molecule has 0 saturated carbocycles. The lowest BCUT2D eigenvalue weighted by Crippen LogP contribution is -2.25. The molecule has 0 aliphatic carbocycles. The molecular formula is C15H14O4S. The summed E-state index contributed by atoms with van der Waals surface area (Å²) < 4.78 is 36.1. The van der Waals surface area contributed by atoms with E-state index in [4.69, 9.17) is 9.47 Å². The number of hydrogen-bond acceptors (Lipinski definition) is 4. The molecule has 2 aromatic carbocycles. The highest BCUT2D eigenvalue weighted by molar-refractivity contribution is 7.91. The summed E-state index contributed by atoms with van der Waals surface area (Å²) in [6, 6.07) is 13.0. The van der Waals surface area contributed by atoms with Crippen LogP contribution in [-0.4, -0.2) is 21.1 Å². The summed E-state index contributed by atoms with van der Waals surface area (Å²) >= 11 is 0. The fourth-order valence-electron chi connectivity index (χ4n) is 2.06. The molecule has 0 spiro atoms. The zero-order chi connectivity index (χ0) is 14.2. The van der Waals surface area contributed by atoms with E-state index < -0.39 is 9.84 Å². The molecule has 1 atom stereocenters. The molecule has 0 radical (unpaired) electrons. The molecule has 104 valence electrons. The van der Waals surface area contributed by atoms with Crippen LogP contribution in [0.3, 0.4) is 0 Å². The van der Waals surface area contributed by atoms with E-state index in [1.165, 1.54) is 6.07 Å². The first kappa shape index (κ1) is 13.0. The van der Waals surface area contributed by atoms with Gasteiger partial charge in [-0.2, -0.15) is 0 Å². The maximum atomic E-state index is 12.5. The highest BCUT2D eigenvalue weighted by atomic mass is 32.2. The third-order valence-electron chi connectivity index (χ3n) is 3.08. The van der Waals surface area contributed by atoms with E-state index in [2.05, 4.69) is 0 Å². The Hall–Kier alpha value is -2.01. The van der Waals surface area contributed by atoms with Crippen LogP contribution < -0.4 is 9.47 Å². The van der Waals surface area contributed by atoms with E-state index in [1.807, 2.05) is 6.92 Å². The second-order valence-electron chi connectivity index (χ2n) is 4.66. The lowest BCUT2D eigenvalue weighted by atomic mass is 10.3. The van der Waals surface area contributed by atoms with Crippen molar-refractivity contribution in [1.29, 1.82) is 0 Å². The Morgan fingerprint density at radius 1 is 1.00 bits per heavy atom. The maximum absolute atomic E-state index is 12.5. The third-order valence-corrected chi connectivity index (χ3v) is 4.85. The second-order valence-corrected chi connectivity index (χ2v) is 6.61. The van der Waals surface area contributed by atoms with Gasteiger partial charge >= 0.3 is 0 Å². The highest BCUT2D eigenvalue weighted by Crippen LogP contribution is 2.35. The van der Waals surface area contributed by atoms with Crippen molar-refractivity contribution in [3.63, 3.8) is 0 Å². The molecule has 0 saturated heterocycles. The van der Waals surface area contributed by atoms with E-state index in [1.54, 1.807) is 42.5 Å². The average Bonchev–Trinajstić information content (AvgIpc) is 2.47. The molecule has 0 unspecified atom stereocenters. The number of benzene rings is 2. The van der Waals surface area contributed by atoms with Gasteiger partial charge in [-0.15, -0.1) is 0 Å². The summed E-state index contributed by atoms with van der Waals surface area (Å²) in [7, 11) is -3.52. The summed E-state index contributed by atoms with van der Waals surface area (Å²) in [6.07, 6.45) is -0.0286. The van der Waals surface area contributed by atoms with Gasteiger partial charge in [0, 0.05) is 6.07 Å². The Bertz CT molecular complexity index is 723. The van der Waals surface area contributed by atoms with Crippen molar-refractivity contribution in [2.24, 2.45) is 0 Å². The lowest BCUT2D eigenvalue weighted by Gasteiger charge is -2.24. The van der Waals surface area contributed by atoms with Crippen molar-refractivity contribution in [2.45, 2.75) is 22.8 Å². The molecule has 5 heteroatoms. The molecular weight excluding hydrogens is 276 g/mol. The Balaban J connectivity index is 2.04. The van der Waals surface area contributed by atoms with Crippen LogP contribution in [0.5, 0.6) is 11.5 Å². The Kier molecular flexibility index (Phi) is 3.14. The monoisotopic (exact) mass is 290 g/mol. The normalized spacial score (nSPS) is 17.8. The number of fused-ring (bicyclic) bond motifs is 1. The Labute approximate surface area is 117 Å². The van der Waals surface area contributed by atoms with Crippen LogP contribution in [0.1, 0.15) is 6.92 Å². The minimum atomic E-state index is -3.52. The van der Waals surface area contributed by atoms with Crippen molar-refractivity contribution < 1.29 is 17.9 Å². The first-order chi connectivity index (χ1) is 9.57. The van der Waals surface area contributed by atoms with E-state index >= 15 is 0 Å².